The molecule has 0 unspecified atom stereocenters. The number of aryl methyl sites for hydroxylation is 1. The number of hydrogen-bond donors (Lipinski definition) is 0. The van der Waals surface area contributed by atoms with E-state index in [0.29, 0.717) is 5.75 Å². The Kier molecular flexibility index (Phi) is 3.12. The summed E-state index contributed by atoms with van der Waals surface area (Å²) < 4.78 is 5.20. The largest absolute Gasteiger partial charge is 0.486 e. The highest BCUT2D eigenvalue weighted by Gasteiger charge is 1.98. The van der Waals surface area contributed by atoms with Crippen LogP contribution in [0.15, 0.2) is 18.2 Å². The highest BCUT2D eigenvalue weighted by Crippen LogP contribution is 2.10. The third kappa shape index (κ3) is 2.94. The summed E-state index contributed by atoms with van der Waals surface area (Å²) in [6.07, 6.45) is 0. The summed E-state index contributed by atoms with van der Waals surface area (Å²) in [4.78, 5) is 10.6. The van der Waals surface area contributed by atoms with Crippen LogP contribution >= 0.6 is 0 Å². The Labute approximate surface area is 79.3 Å². The van der Waals surface area contributed by atoms with Gasteiger partial charge in [-0.2, -0.15) is 0 Å². The molecule has 0 aliphatic carbocycles. The van der Waals surface area contributed by atoms with Gasteiger partial charge >= 0.3 is 0 Å². The summed E-state index contributed by atoms with van der Waals surface area (Å²) in [5, 5.41) is 0. The van der Waals surface area contributed by atoms with Gasteiger partial charge in [0.25, 0.3) is 0 Å². The van der Waals surface area contributed by atoms with Crippen LogP contribution in [0.25, 0.3) is 0 Å². The fraction of sp³-hybridized carbons (Fsp3) is 0.300. The molecule has 1 aromatic carbocycles. The summed E-state index contributed by atoms with van der Waals surface area (Å²) in [6, 6.07) is 5.34. The molecule has 0 N–H and O–H groups in total. The molecule has 0 fully saturated rings. The first-order chi connectivity index (χ1) is 6.09. The maximum absolute atomic E-state index is 10.6. The second-order valence-electron chi connectivity index (χ2n) is 3.01. The van der Waals surface area contributed by atoms with Gasteiger partial charge in [0, 0.05) is 0 Å². The molecular weight excluding hydrogens is 163 g/mol. The molecule has 0 bridgehead atoms. The van der Waals surface area contributed by atoms with Gasteiger partial charge in [-0.05, 0) is 26.0 Å². The Balaban J connectivity index is 2.68. The minimum Gasteiger partial charge on any atom is -0.486 e. The SMILES string of the molecule is [B]c1ccc(OCC(C)=O)cc1C. The topological polar surface area (TPSA) is 26.3 Å². The number of benzene rings is 1. The van der Waals surface area contributed by atoms with Crippen LogP contribution in [0.4, 0.5) is 0 Å². The molecule has 3 heteroatoms. The Morgan fingerprint density at radius 3 is 2.77 bits per heavy atom. The van der Waals surface area contributed by atoms with E-state index < -0.39 is 0 Å². The van der Waals surface area contributed by atoms with Crippen molar-refractivity contribution in [2.45, 2.75) is 13.8 Å². The molecule has 0 heterocycles. The molecule has 0 atom stereocenters. The van der Waals surface area contributed by atoms with Gasteiger partial charge < -0.3 is 4.74 Å². The Bertz CT molecular complexity index is 321. The fourth-order valence-electron chi connectivity index (χ4n) is 0.923. The lowest BCUT2D eigenvalue weighted by atomic mass is 9.91. The number of ether oxygens (including phenoxy) is 1. The predicted octanol–water partition coefficient (Wildman–Crippen LogP) is 0.757. The van der Waals surface area contributed by atoms with Crippen LogP contribution in [-0.4, -0.2) is 20.2 Å². The van der Waals surface area contributed by atoms with Crippen molar-refractivity contribution in [1.82, 2.24) is 0 Å². The van der Waals surface area contributed by atoms with Crippen LogP contribution < -0.4 is 10.2 Å². The van der Waals surface area contributed by atoms with Crippen molar-refractivity contribution in [3.05, 3.63) is 23.8 Å². The zero-order valence-electron chi connectivity index (χ0n) is 7.83. The first-order valence-electron chi connectivity index (χ1n) is 4.08. The van der Waals surface area contributed by atoms with Crippen molar-refractivity contribution in [2.75, 3.05) is 6.61 Å². The van der Waals surface area contributed by atoms with Crippen molar-refractivity contribution in [3.63, 3.8) is 0 Å². The van der Waals surface area contributed by atoms with E-state index in [1.807, 2.05) is 13.0 Å². The molecule has 0 aromatic heterocycles. The lowest BCUT2D eigenvalue weighted by Gasteiger charge is -2.06. The van der Waals surface area contributed by atoms with Gasteiger partial charge in [0.1, 0.15) is 20.2 Å². The molecule has 0 aliphatic heterocycles. The number of carbonyl (C=O) groups excluding carboxylic acids is 1. The van der Waals surface area contributed by atoms with E-state index in [9.17, 15) is 4.79 Å². The van der Waals surface area contributed by atoms with Gasteiger partial charge in [0.15, 0.2) is 5.78 Å². The molecule has 2 radical (unpaired) electrons. The van der Waals surface area contributed by atoms with Gasteiger partial charge in [-0.1, -0.05) is 17.1 Å². The van der Waals surface area contributed by atoms with Crippen molar-refractivity contribution in [1.29, 1.82) is 0 Å². The minimum absolute atomic E-state index is 0.00878. The van der Waals surface area contributed by atoms with E-state index >= 15 is 0 Å². The maximum Gasteiger partial charge on any atom is 0.167 e. The molecule has 0 saturated carbocycles. The summed E-state index contributed by atoms with van der Waals surface area (Å²) in [5.74, 6) is 0.691. The Morgan fingerprint density at radius 2 is 2.23 bits per heavy atom. The maximum atomic E-state index is 10.6. The van der Waals surface area contributed by atoms with Crippen LogP contribution in [0.2, 0.25) is 0 Å². The average molecular weight is 174 g/mol. The molecule has 1 rings (SSSR count). The van der Waals surface area contributed by atoms with Crippen LogP contribution in [0.1, 0.15) is 12.5 Å². The lowest BCUT2D eigenvalue weighted by molar-refractivity contribution is -0.118. The summed E-state index contributed by atoms with van der Waals surface area (Å²) in [7, 11) is 5.62. The quantitative estimate of drug-likeness (QED) is 0.632. The number of hydrogen-bond acceptors (Lipinski definition) is 2. The van der Waals surface area contributed by atoms with E-state index in [2.05, 4.69) is 0 Å². The van der Waals surface area contributed by atoms with Gasteiger partial charge in [0.05, 0.1) is 0 Å². The molecule has 0 saturated heterocycles. The zero-order chi connectivity index (χ0) is 9.84. The first-order valence-corrected chi connectivity index (χ1v) is 4.08. The second kappa shape index (κ2) is 4.12. The minimum atomic E-state index is 0.00878. The standard InChI is InChI=1S/C10H11BO2/c1-7-5-9(3-4-10(7)11)13-6-8(2)12/h3-5H,6H2,1-2H3. The summed E-state index contributed by atoms with van der Waals surface area (Å²) in [5.41, 5.74) is 1.69. The molecule has 0 spiro atoms. The summed E-state index contributed by atoms with van der Waals surface area (Å²) in [6.45, 7) is 3.50. The Hall–Kier alpha value is -1.25. The second-order valence-corrected chi connectivity index (χ2v) is 3.01. The van der Waals surface area contributed by atoms with Crippen LogP contribution in [0.3, 0.4) is 0 Å². The number of rotatable bonds is 3. The van der Waals surface area contributed by atoms with E-state index in [-0.39, 0.29) is 12.4 Å². The van der Waals surface area contributed by atoms with Crippen LogP contribution in [0.5, 0.6) is 5.75 Å². The van der Waals surface area contributed by atoms with Crippen molar-refractivity contribution < 1.29 is 9.53 Å². The van der Waals surface area contributed by atoms with Crippen molar-refractivity contribution in [2.24, 2.45) is 0 Å². The van der Waals surface area contributed by atoms with E-state index in [0.717, 1.165) is 11.0 Å². The van der Waals surface area contributed by atoms with E-state index in [1.54, 1.807) is 12.1 Å². The lowest BCUT2D eigenvalue weighted by Crippen LogP contribution is -2.10. The first kappa shape index (κ1) is 9.84. The number of carbonyl (C=O) groups is 1. The molecule has 66 valence electrons. The van der Waals surface area contributed by atoms with Crippen molar-refractivity contribution >= 4 is 19.1 Å². The van der Waals surface area contributed by atoms with Gasteiger partial charge in [-0.15, -0.1) is 0 Å². The molecule has 1 aromatic rings. The Morgan fingerprint density at radius 1 is 1.54 bits per heavy atom. The third-order valence-corrected chi connectivity index (χ3v) is 1.68. The van der Waals surface area contributed by atoms with Gasteiger partial charge in [0.2, 0.25) is 0 Å². The smallest absolute Gasteiger partial charge is 0.167 e. The van der Waals surface area contributed by atoms with Crippen LogP contribution in [0, 0.1) is 6.92 Å². The third-order valence-electron chi connectivity index (χ3n) is 1.68. The number of Topliss-reactive ketones (excluding diaryl/α,β-unsaturated/α-hetero) is 1. The van der Waals surface area contributed by atoms with E-state index in [1.165, 1.54) is 6.92 Å². The average Bonchev–Trinajstić information content (AvgIpc) is 2.07. The summed E-state index contributed by atoms with van der Waals surface area (Å²) >= 11 is 0. The highest BCUT2D eigenvalue weighted by atomic mass is 16.5. The monoisotopic (exact) mass is 174 g/mol. The number of ketones is 1. The molecule has 0 amide bonds. The zero-order valence-corrected chi connectivity index (χ0v) is 7.83. The van der Waals surface area contributed by atoms with Crippen LogP contribution in [-0.2, 0) is 4.79 Å². The highest BCUT2D eigenvalue weighted by molar-refractivity contribution is 6.33. The normalized spacial score (nSPS) is 9.69. The molecule has 0 aliphatic rings. The molecular formula is C10H11BO2. The van der Waals surface area contributed by atoms with Gasteiger partial charge in [-0.25, -0.2) is 0 Å². The van der Waals surface area contributed by atoms with Crippen molar-refractivity contribution in [3.8, 4) is 5.75 Å². The molecule has 2 nitrogen and oxygen atoms in total. The molecule has 13 heavy (non-hydrogen) atoms. The predicted molar refractivity (Wildman–Crippen MR) is 52.7 cm³/mol. The fourth-order valence-corrected chi connectivity index (χ4v) is 0.923. The van der Waals surface area contributed by atoms with Gasteiger partial charge in [-0.3, -0.25) is 4.79 Å². The van der Waals surface area contributed by atoms with E-state index in [4.69, 9.17) is 12.6 Å².